The fourth-order valence-electron chi connectivity index (χ4n) is 4.67. The summed E-state index contributed by atoms with van der Waals surface area (Å²) in [6.45, 7) is 2.42. The number of aromatic amines is 1. The van der Waals surface area contributed by atoms with Crippen molar-refractivity contribution in [2.24, 2.45) is 17.8 Å². The van der Waals surface area contributed by atoms with Crippen molar-refractivity contribution in [3.63, 3.8) is 0 Å². The van der Waals surface area contributed by atoms with Gasteiger partial charge in [0, 0.05) is 31.3 Å². The third-order valence-corrected chi connectivity index (χ3v) is 6.88. The highest BCUT2D eigenvalue weighted by molar-refractivity contribution is 7.99. The van der Waals surface area contributed by atoms with E-state index >= 15 is 0 Å². The van der Waals surface area contributed by atoms with Crippen LogP contribution in [-0.2, 0) is 17.8 Å². The van der Waals surface area contributed by atoms with Gasteiger partial charge in [-0.3, -0.25) is 14.6 Å². The summed E-state index contributed by atoms with van der Waals surface area (Å²) in [4.78, 5) is 37.2. The summed E-state index contributed by atoms with van der Waals surface area (Å²) in [6, 6.07) is 1.49. The molecule has 4 rings (SSSR count). The molecule has 2 fully saturated rings. The Labute approximate surface area is 171 Å². The summed E-state index contributed by atoms with van der Waals surface area (Å²) in [5.41, 5.74) is -0.913. The Morgan fingerprint density at radius 2 is 2.24 bits per heavy atom. The zero-order valence-corrected chi connectivity index (χ0v) is 17.1. The van der Waals surface area contributed by atoms with E-state index in [1.54, 1.807) is 0 Å². The zero-order chi connectivity index (χ0) is 20.4. The van der Waals surface area contributed by atoms with E-state index in [1.807, 2.05) is 0 Å². The van der Waals surface area contributed by atoms with Crippen LogP contribution in [0.25, 0.3) is 0 Å². The second-order valence-electron chi connectivity index (χ2n) is 8.00. The number of nitrogens with zero attached hydrogens (tertiary/aromatic N) is 3. The molecule has 2 heterocycles. The average Bonchev–Trinajstić information content (AvgIpc) is 3.42. The van der Waals surface area contributed by atoms with Crippen LogP contribution in [0.15, 0.2) is 31.5 Å². The van der Waals surface area contributed by atoms with Crippen LogP contribution >= 0.6 is 11.8 Å². The average molecular weight is 420 g/mol. The molecule has 1 amide bonds. The lowest BCUT2D eigenvalue weighted by molar-refractivity contribution is -0.119. The molecule has 2 aliphatic carbocycles. The molecule has 0 spiro atoms. The van der Waals surface area contributed by atoms with E-state index in [1.165, 1.54) is 54.3 Å². The minimum Gasteiger partial charge on any atom is -0.416 e. The normalized spacial score (nSPS) is 24.0. The molecule has 10 heteroatoms. The van der Waals surface area contributed by atoms with Crippen molar-refractivity contribution >= 4 is 17.7 Å². The first-order valence-electron chi connectivity index (χ1n) is 10.0. The molecule has 2 aliphatic rings. The molecule has 29 heavy (non-hydrogen) atoms. The maximum absolute atomic E-state index is 12.3. The number of aromatic nitrogens is 4. The number of thioether (sulfide) groups is 1. The van der Waals surface area contributed by atoms with Crippen molar-refractivity contribution in [1.29, 1.82) is 0 Å². The Morgan fingerprint density at radius 1 is 1.38 bits per heavy atom. The van der Waals surface area contributed by atoms with Gasteiger partial charge in [0.25, 0.3) is 10.8 Å². The van der Waals surface area contributed by atoms with Crippen LogP contribution in [0.2, 0.25) is 0 Å². The van der Waals surface area contributed by atoms with E-state index in [-0.39, 0.29) is 17.7 Å². The van der Waals surface area contributed by atoms with Crippen LogP contribution < -0.4 is 16.6 Å². The lowest BCUT2D eigenvalue weighted by atomic mass is 9.84. The number of rotatable bonds is 8. The van der Waals surface area contributed by atoms with Gasteiger partial charge in [-0.15, -0.1) is 10.2 Å². The number of amides is 1. The van der Waals surface area contributed by atoms with E-state index in [2.05, 4.69) is 27.4 Å². The molecule has 9 nitrogen and oxygen atoms in total. The predicted octanol–water partition coefficient (Wildman–Crippen LogP) is 1.20. The number of carbonyl (C=O) groups excluding carboxylic acids is 1. The van der Waals surface area contributed by atoms with Gasteiger partial charge in [0.15, 0.2) is 0 Å². The molecule has 2 aromatic heterocycles. The van der Waals surface area contributed by atoms with Crippen LogP contribution in [-0.4, -0.2) is 37.5 Å². The fourth-order valence-corrected chi connectivity index (χ4v) is 5.26. The van der Waals surface area contributed by atoms with Gasteiger partial charge < -0.3 is 14.3 Å². The summed E-state index contributed by atoms with van der Waals surface area (Å²) in [7, 11) is 0. The summed E-state index contributed by atoms with van der Waals surface area (Å²) >= 11 is 1.21. The van der Waals surface area contributed by atoms with Crippen LogP contribution in [0.1, 0.15) is 38.5 Å². The van der Waals surface area contributed by atoms with Crippen molar-refractivity contribution in [2.45, 2.75) is 56.8 Å². The van der Waals surface area contributed by atoms with E-state index in [0.717, 1.165) is 11.8 Å². The second-order valence-corrected chi connectivity index (χ2v) is 8.93. The highest BCUT2D eigenvalue weighted by Gasteiger charge is 2.42. The minimum absolute atomic E-state index is 0.0233. The molecule has 0 radical (unpaired) electrons. The van der Waals surface area contributed by atoms with E-state index in [4.69, 9.17) is 4.42 Å². The molecule has 2 saturated carbocycles. The summed E-state index contributed by atoms with van der Waals surface area (Å²) in [6.07, 6.45) is 7.01. The number of H-pyrrole nitrogens is 1. The molecule has 2 aromatic rings. The molecule has 0 unspecified atom stereocenters. The molecule has 2 bridgehead atoms. The van der Waals surface area contributed by atoms with Gasteiger partial charge in [0.05, 0.1) is 5.75 Å². The topological polar surface area (TPSA) is 123 Å². The monoisotopic (exact) mass is 419 g/mol. The van der Waals surface area contributed by atoms with Crippen LogP contribution in [0.4, 0.5) is 0 Å². The van der Waals surface area contributed by atoms with Crippen LogP contribution in [0.5, 0.6) is 0 Å². The molecular weight excluding hydrogens is 394 g/mol. The fraction of sp³-hybridized carbons (Fsp3) is 0.632. The van der Waals surface area contributed by atoms with E-state index < -0.39 is 11.2 Å². The number of nitrogens with one attached hydrogen (secondary N) is 2. The highest BCUT2D eigenvalue weighted by Crippen LogP contribution is 2.49. The Balaban J connectivity index is 1.22. The molecule has 2 N–H and O–H groups in total. The van der Waals surface area contributed by atoms with Gasteiger partial charge in [-0.1, -0.05) is 18.2 Å². The van der Waals surface area contributed by atoms with E-state index in [9.17, 15) is 14.4 Å². The summed E-state index contributed by atoms with van der Waals surface area (Å²) in [5, 5.41) is 11.4. The lowest BCUT2D eigenvalue weighted by Gasteiger charge is -2.28. The largest absolute Gasteiger partial charge is 0.416 e. The van der Waals surface area contributed by atoms with E-state index in [0.29, 0.717) is 30.0 Å². The van der Waals surface area contributed by atoms with Crippen LogP contribution in [0.3, 0.4) is 0 Å². The smallest absolute Gasteiger partial charge is 0.328 e. The second kappa shape index (κ2) is 8.56. The van der Waals surface area contributed by atoms with Gasteiger partial charge in [-0.2, -0.15) is 0 Å². The van der Waals surface area contributed by atoms with Gasteiger partial charge in [-0.25, -0.2) is 4.79 Å². The molecule has 4 atom stereocenters. The van der Waals surface area contributed by atoms with Crippen LogP contribution in [0, 0.1) is 17.8 Å². The van der Waals surface area contributed by atoms with Crippen molar-refractivity contribution in [1.82, 2.24) is 25.1 Å². The van der Waals surface area contributed by atoms with Crippen molar-refractivity contribution in [3.8, 4) is 0 Å². The molecule has 156 valence electrons. The SMILES string of the molecule is C[C@H](NC(=O)CSc1nnc(CCn2ccc(=O)[nH]c2=O)o1)[C@@H]1C[C@H]2CC[C@H]1C2. The van der Waals surface area contributed by atoms with Gasteiger partial charge >= 0.3 is 5.69 Å². The van der Waals surface area contributed by atoms with Crippen molar-refractivity contribution in [2.75, 3.05) is 5.75 Å². The Kier molecular flexibility index (Phi) is 5.89. The molecule has 0 saturated heterocycles. The first-order valence-corrected chi connectivity index (χ1v) is 11.0. The number of hydrogen-bond acceptors (Lipinski definition) is 7. The minimum atomic E-state index is -0.479. The van der Waals surface area contributed by atoms with Gasteiger partial charge in [-0.05, 0) is 43.9 Å². The Morgan fingerprint density at radius 3 is 2.97 bits per heavy atom. The third kappa shape index (κ3) is 4.80. The third-order valence-electron chi connectivity index (χ3n) is 6.06. The first kappa shape index (κ1) is 19.9. The maximum Gasteiger partial charge on any atom is 0.328 e. The Bertz CT molecular complexity index is 983. The number of carbonyl (C=O) groups is 1. The first-order chi connectivity index (χ1) is 14.0. The molecular formula is C19H25N5O4S. The van der Waals surface area contributed by atoms with Crippen molar-refractivity contribution < 1.29 is 9.21 Å². The summed E-state index contributed by atoms with van der Waals surface area (Å²) < 4.78 is 6.90. The standard InChI is InChI=1S/C19H25N5O4S/c1-11(14-9-12-2-3-13(14)8-12)20-16(26)10-29-19-23-22-17(28-19)5-7-24-6-4-15(25)21-18(24)27/h4,6,11-14H,2-3,5,7-10H2,1H3,(H,20,26)(H,21,25,27)/t11-,12-,13-,14-/m0/s1. The quantitative estimate of drug-likeness (QED) is 0.616. The lowest BCUT2D eigenvalue weighted by Crippen LogP contribution is -2.40. The molecule has 0 aliphatic heterocycles. The van der Waals surface area contributed by atoms with Crippen molar-refractivity contribution in [3.05, 3.63) is 39.0 Å². The maximum atomic E-state index is 12.3. The Hall–Kier alpha value is -2.36. The number of aryl methyl sites for hydroxylation is 2. The predicted molar refractivity (Wildman–Crippen MR) is 107 cm³/mol. The zero-order valence-electron chi connectivity index (χ0n) is 16.3. The number of hydrogen-bond donors (Lipinski definition) is 2. The molecule has 0 aromatic carbocycles. The summed E-state index contributed by atoms with van der Waals surface area (Å²) in [5.74, 6) is 2.82. The van der Waals surface area contributed by atoms with Gasteiger partial charge in [0.1, 0.15) is 0 Å². The number of fused-ring (bicyclic) bond motifs is 2. The highest BCUT2D eigenvalue weighted by atomic mass is 32.2. The van der Waals surface area contributed by atoms with Gasteiger partial charge in [0.2, 0.25) is 11.8 Å².